The van der Waals surface area contributed by atoms with Gasteiger partial charge in [-0.15, -0.1) is 0 Å². The van der Waals surface area contributed by atoms with Gasteiger partial charge in [0.05, 0.1) is 6.42 Å². The van der Waals surface area contributed by atoms with E-state index in [9.17, 15) is 14.0 Å². The van der Waals surface area contributed by atoms with Crippen molar-refractivity contribution in [1.29, 1.82) is 0 Å². The molecule has 1 aromatic carbocycles. The minimum atomic E-state index is -1.27. The Hall–Kier alpha value is -2.11. The molecule has 0 spiro atoms. The van der Waals surface area contributed by atoms with Crippen molar-refractivity contribution in [3.05, 3.63) is 30.1 Å². The Kier molecular flexibility index (Phi) is 3.82. The maximum absolute atomic E-state index is 12.6. The van der Waals surface area contributed by atoms with E-state index < -0.39 is 30.2 Å². The fraction of sp³-hybridized carbons (Fsp3) is 0.200. The van der Waals surface area contributed by atoms with Gasteiger partial charge in [0, 0.05) is 5.69 Å². The zero-order valence-corrected chi connectivity index (χ0v) is 8.18. The first kappa shape index (κ1) is 12.0. The molecular weight excluding hydrogens is 217 g/mol. The Labute approximate surface area is 90.5 Å². The molecule has 0 saturated carbocycles. The van der Waals surface area contributed by atoms with Gasteiger partial charge in [-0.05, 0) is 24.3 Å². The van der Waals surface area contributed by atoms with E-state index in [1.807, 2.05) is 0 Å². The van der Waals surface area contributed by atoms with Crippen molar-refractivity contribution in [2.45, 2.75) is 12.5 Å². The normalized spacial score (nSPS) is 11.8. The summed E-state index contributed by atoms with van der Waals surface area (Å²) < 4.78 is 12.6. The van der Waals surface area contributed by atoms with Gasteiger partial charge in [0.2, 0.25) is 0 Å². The van der Waals surface area contributed by atoms with Crippen molar-refractivity contribution in [3.8, 4) is 0 Å². The summed E-state index contributed by atoms with van der Waals surface area (Å²) in [7, 11) is 0. The Balaban J connectivity index is 2.71. The van der Waals surface area contributed by atoms with E-state index in [1.165, 1.54) is 12.1 Å². The van der Waals surface area contributed by atoms with Crippen molar-refractivity contribution >= 4 is 17.6 Å². The SMILES string of the molecule is O=C(O)CC(Nc1ccc(F)cc1)C(=O)O. The van der Waals surface area contributed by atoms with Gasteiger partial charge >= 0.3 is 11.9 Å². The van der Waals surface area contributed by atoms with Crippen LogP contribution in [0.2, 0.25) is 0 Å². The molecule has 0 aliphatic rings. The number of nitrogens with one attached hydrogen (secondary N) is 1. The molecule has 0 aromatic heterocycles. The Bertz CT molecular complexity index is 390. The van der Waals surface area contributed by atoms with E-state index in [0.717, 1.165) is 12.1 Å². The summed E-state index contributed by atoms with van der Waals surface area (Å²) in [5, 5.41) is 19.7. The van der Waals surface area contributed by atoms with Crippen LogP contribution in [0.5, 0.6) is 0 Å². The minimum Gasteiger partial charge on any atom is -0.481 e. The third-order valence-electron chi connectivity index (χ3n) is 1.86. The second-order valence-corrected chi connectivity index (χ2v) is 3.14. The summed E-state index contributed by atoms with van der Waals surface area (Å²) in [6.07, 6.45) is -0.549. The minimum absolute atomic E-state index is 0.357. The number of anilines is 1. The molecule has 0 bridgehead atoms. The highest BCUT2D eigenvalue weighted by Gasteiger charge is 2.20. The number of aliphatic carboxylic acids is 2. The van der Waals surface area contributed by atoms with E-state index in [2.05, 4.69) is 5.32 Å². The van der Waals surface area contributed by atoms with E-state index in [1.54, 1.807) is 0 Å². The van der Waals surface area contributed by atoms with Gasteiger partial charge in [0.15, 0.2) is 0 Å². The highest BCUT2D eigenvalue weighted by atomic mass is 19.1. The van der Waals surface area contributed by atoms with Crippen molar-refractivity contribution in [1.82, 2.24) is 0 Å². The predicted molar refractivity (Wildman–Crippen MR) is 53.7 cm³/mol. The van der Waals surface area contributed by atoms with Crippen molar-refractivity contribution < 1.29 is 24.2 Å². The molecule has 0 fully saturated rings. The van der Waals surface area contributed by atoms with Crippen LogP contribution < -0.4 is 5.32 Å². The number of hydrogen-bond acceptors (Lipinski definition) is 3. The monoisotopic (exact) mass is 227 g/mol. The lowest BCUT2D eigenvalue weighted by atomic mass is 10.2. The molecule has 0 saturated heterocycles. The lowest BCUT2D eigenvalue weighted by Gasteiger charge is -2.13. The van der Waals surface area contributed by atoms with Crippen LogP contribution in [0.3, 0.4) is 0 Å². The number of carboxylic acid groups (broad SMARTS) is 2. The highest BCUT2D eigenvalue weighted by molar-refractivity contribution is 5.83. The third-order valence-corrected chi connectivity index (χ3v) is 1.86. The maximum atomic E-state index is 12.6. The first-order valence-corrected chi connectivity index (χ1v) is 4.45. The number of hydrogen-bond donors (Lipinski definition) is 3. The second-order valence-electron chi connectivity index (χ2n) is 3.14. The molecule has 16 heavy (non-hydrogen) atoms. The molecular formula is C10H10FNO4. The van der Waals surface area contributed by atoms with Crippen LogP contribution in [-0.4, -0.2) is 28.2 Å². The molecule has 5 nitrogen and oxygen atoms in total. The van der Waals surface area contributed by atoms with Crippen molar-refractivity contribution in [2.75, 3.05) is 5.32 Å². The van der Waals surface area contributed by atoms with Crippen LogP contribution in [0.1, 0.15) is 6.42 Å². The first-order valence-electron chi connectivity index (χ1n) is 4.45. The van der Waals surface area contributed by atoms with Crippen molar-refractivity contribution in [3.63, 3.8) is 0 Å². The lowest BCUT2D eigenvalue weighted by molar-refractivity contribution is -0.144. The zero-order chi connectivity index (χ0) is 12.1. The van der Waals surface area contributed by atoms with Gasteiger partial charge in [-0.25, -0.2) is 9.18 Å². The highest BCUT2D eigenvalue weighted by Crippen LogP contribution is 2.11. The van der Waals surface area contributed by atoms with E-state index in [0.29, 0.717) is 5.69 Å². The predicted octanol–water partition coefficient (Wildman–Crippen LogP) is 1.17. The summed E-state index contributed by atoms with van der Waals surface area (Å²) in [5.41, 5.74) is 0.357. The van der Waals surface area contributed by atoms with E-state index in [-0.39, 0.29) is 0 Å². The van der Waals surface area contributed by atoms with Gasteiger partial charge in [-0.3, -0.25) is 4.79 Å². The quantitative estimate of drug-likeness (QED) is 0.702. The molecule has 0 aliphatic heterocycles. The topological polar surface area (TPSA) is 86.6 Å². The number of rotatable bonds is 5. The van der Waals surface area contributed by atoms with E-state index in [4.69, 9.17) is 10.2 Å². The fourth-order valence-corrected chi connectivity index (χ4v) is 1.12. The van der Waals surface area contributed by atoms with Crippen LogP contribution in [0.15, 0.2) is 24.3 Å². The summed E-state index contributed by atoms with van der Waals surface area (Å²) in [6.45, 7) is 0. The van der Waals surface area contributed by atoms with Gasteiger partial charge < -0.3 is 15.5 Å². The molecule has 0 amide bonds. The molecule has 1 atom stereocenters. The molecule has 1 rings (SSSR count). The number of carboxylic acids is 2. The molecule has 1 aromatic rings. The molecule has 86 valence electrons. The van der Waals surface area contributed by atoms with Crippen molar-refractivity contribution in [2.24, 2.45) is 0 Å². The largest absolute Gasteiger partial charge is 0.481 e. The Morgan fingerprint density at radius 1 is 1.25 bits per heavy atom. The van der Waals surface area contributed by atoms with Crippen LogP contribution in [0.25, 0.3) is 0 Å². The van der Waals surface area contributed by atoms with Gasteiger partial charge in [0.25, 0.3) is 0 Å². The average Bonchev–Trinajstić information content (AvgIpc) is 2.19. The molecule has 0 radical (unpaired) electrons. The van der Waals surface area contributed by atoms with Gasteiger partial charge in [-0.1, -0.05) is 0 Å². The van der Waals surface area contributed by atoms with Gasteiger partial charge in [0.1, 0.15) is 11.9 Å². The molecule has 6 heteroatoms. The summed E-state index contributed by atoms with van der Waals surface area (Å²) >= 11 is 0. The average molecular weight is 227 g/mol. The number of carbonyl (C=O) groups is 2. The number of halogens is 1. The summed E-state index contributed by atoms with van der Waals surface area (Å²) in [5.74, 6) is -2.94. The Morgan fingerprint density at radius 3 is 2.25 bits per heavy atom. The van der Waals surface area contributed by atoms with Crippen LogP contribution in [0, 0.1) is 5.82 Å². The second kappa shape index (κ2) is 5.11. The zero-order valence-electron chi connectivity index (χ0n) is 8.18. The summed E-state index contributed by atoms with van der Waals surface area (Å²) in [6, 6.07) is 3.76. The Morgan fingerprint density at radius 2 is 1.81 bits per heavy atom. The molecule has 3 N–H and O–H groups in total. The number of benzene rings is 1. The first-order chi connectivity index (χ1) is 7.49. The van der Waals surface area contributed by atoms with Crippen LogP contribution in [-0.2, 0) is 9.59 Å². The molecule has 0 aliphatic carbocycles. The molecule has 0 heterocycles. The standard InChI is InChI=1S/C10H10FNO4/c11-6-1-3-7(4-2-6)12-8(10(15)16)5-9(13)14/h1-4,8,12H,5H2,(H,13,14)(H,15,16). The van der Waals surface area contributed by atoms with Crippen LogP contribution in [0.4, 0.5) is 10.1 Å². The third kappa shape index (κ3) is 3.56. The molecule has 1 unspecified atom stereocenters. The van der Waals surface area contributed by atoms with E-state index >= 15 is 0 Å². The lowest BCUT2D eigenvalue weighted by Crippen LogP contribution is -2.31. The maximum Gasteiger partial charge on any atom is 0.326 e. The fourth-order valence-electron chi connectivity index (χ4n) is 1.12. The van der Waals surface area contributed by atoms with Crippen LogP contribution >= 0.6 is 0 Å². The van der Waals surface area contributed by atoms with Gasteiger partial charge in [-0.2, -0.15) is 0 Å². The smallest absolute Gasteiger partial charge is 0.326 e. The summed E-state index contributed by atoms with van der Waals surface area (Å²) in [4.78, 5) is 21.1.